The lowest BCUT2D eigenvalue weighted by Gasteiger charge is -2.14. The number of benzene rings is 2. The fraction of sp³-hybridized carbons (Fsp3) is 0.235. The van der Waals surface area contributed by atoms with Crippen molar-refractivity contribution >= 4 is 5.91 Å². The highest BCUT2D eigenvalue weighted by Crippen LogP contribution is 2.14. The second-order valence-electron chi connectivity index (χ2n) is 4.97. The van der Waals surface area contributed by atoms with Gasteiger partial charge in [0.2, 0.25) is 0 Å². The Morgan fingerprint density at radius 1 is 0.895 bits per heavy atom. The van der Waals surface area contributed by atoms with Gasteiger partial charge < -0.3 is 5.32 Å². The minimum Gasteiger partial charge on any atom is -0.346 e. The molecule has 1 atom stereocenters. The van der Waals surface area contributed by atoms with E-state index in [0.717, 1.165) is 11.1 Å². The number of hydrogen-bond donors (Lipinski definition) is 1. The molecule has 1 amide bonds. The summed E-state index contributed by atoms with van der Waals surface area (Å²) in [6, 6.07) is 15.8. The number of aryl methyl sites for hydroxylation is 2. The highest BCUT2D eigenvalue weighted by molar-refractivity contribution is 5.94. The summed E-state index contributed by atoms with van der Waals surface area (Å²) < 4.78 is 0. The molecule has 2 heteroatoms. The Kier molecular flexibility index (Phi) is 4.00. The molecular formula is C17H19NO. The maximum Gasteiger partial charge on any atom is 0.251 e. The molecule has 2 nitrogen and oxygen atoms in total. The predicted molar refractivity (Wildman–Crippen MR) is 78.2 cm³/mol. The largest absolute Gasteiger partial charge is 0.346 e. The first-order valence-corrected chi connectivity index (χ1v) is 6.50. The van der Waals surface area contributed by atoms with Crippen molar-refractivity contribution in [1.82, 2.24) is 5.32 Å². The van der Waals surface area contributed by atoms with Gasteiger partial charge in [-0.25, -0.2) is 0 Å². The van der Waals surface area contributed by atoms with E-state index < -0.39 is 0 Å². The molecule has 2 aromatic carbocycles. The summed E-state index contributed by atoms with van der Waals surface area (Å²) in [7, 11) is 0. The average Bonchev–Trinajstić information content (AvgIpc) is 2.40. The van der Waals surface area contributed by atoms with Crippen LogP contribution >= 0.6 is 0 Å². The number of rotatable bonds is 3. The summed E-state index contributed by atoms with van der Waals surface area (Å²) in [4.78, 5) is 12.1. The minimum absolute atomic E-state index is 0.00871. The molecular weight excluding hydrogens is 234 g/mol. The smallest absolute Gasteiger partial charge is 0.251 e. The van der Waals surface area contributed by atoms with Crippen molar-refractivity contribution in [2.45, 2.75) is 26.8 Å². The highest BCUT2D eigenvalue weighted by atomic mass is 16.1. The van der Waals surface area contributed by atoms with Crippen molar-refractivity contribution in [3.63, 3.8) is 0 Å². The zero-order chi connectivity index (χ0) is 13.8. The Hall–Kier alpha value is -2.09. The second kappa shape index (κ2) is 5.70. The molecule has 0 bridgehead atoms. The van der Waals surface area contributed by atoms with Crippen LogP contribution in [0.3, 0.4) is 0 Å². The lowest BCUT2D eigenvalue weighted by molar-refractivity contribution is 0.0940. The van der Waals surface area contributed by atoms with Crippen molar-refractivity contribution in [2.24, 2.45) is 0 Å². The standard InChI is InChI=1S/C17H19NO/c1-12-4-8-15(9-5-12)14(3)18-17(19)16-10-6-13(2)7-11-16/h4-11,14H,1-3H3,(H,18,19)/t14-/m0/s1. The number of amides is 1. The van der Waals surface area contributed by atoms with Crippen molar-refractivity contribution in [3.8, 4) is 0 Å². The Balaban J connectivity index is 2.06. The minimum atomic E-state index is -0.0342. The predicted octanol–water partition coefficient (Wildman–Crippen LogP) is 3.79. The monoisotopic (exact) mass is 253 g/mol. The zero-order valence-corrected chi connectivity index (χ0v) is 11.6. The van der Waals surface area contributed by atoms with Gasteiger partial charge in [0.05, 0.1) is 6.04 Å². The zero-order valence-electron chi connectivity index (χ0n) is 11.6. The normalized spacial score (nSPS) is 11.9. The molecule has 0 aliphatic carbocycles. The first-order valence-electron chi connectivity index (χ1n) is 6.50. The topological polar surface area (TPSA) is 29.1 Å². The van der Waals surface area contributed by atoms with E-state index in [1.54, 1.807) is 0 Å². The summed E-state index contributed by atoms with van der Waals surface area (Å²) in [5, 5.41) is 3.01. The Morgan fingerprint density at radius 3 is 1.89 bits per heavy atom. The SMILES string of the molecule is Cc1ccc(C(=O)N[C@@H](C)c2ccc(C)cc2)cc1. The van der Waals surface area contributed by atoms with Crippen molar-refractivity contribution in [2.75, 3.05) is 0 Å². The van der Waals surface area contributed by atoms with Crippen LogP contribution < -0.4 is 5.32 Å². The van der Waals surface area contributed by atoms with Crippen LogP contribution in [-0.4, -0.2) is 5.91 Å². The van der Waals surface area contributed by atoms with E-state index in [0.29, 0.717) is 5.56 Å². The van der Waals surface area contributed by atoms with Crippen LogP contribution in [0.1, 0.15) is 40.0 Å². The molecule has 19 heavy (non-hydrogen) atoms. The van der Waals surface area contributed by atoms with Crippen LogP contribution in [-0.2, 0) is 0 Å². The van der Waals surface area contributed by atoms with E-state index in [-0.39, 0.29) is 11.9 Å². The van der Waals surface area contributed by atoms with E-state index >= 15 is 0 Å². The maximum absolute atomic E-state index is 12.1. The molecule has 0 aliphatic heterocycles. The third-order valence-electron chi connectivity index (χ3n) is 3.24. The van der Waals surface area contributed by atoms with Gasteiger partial charge in [0.1, 0.15) is 0 Å². The van der Waals surface area contributed by atoms with Gasteiger partial charge in [-0.05, 0) is 38.5 Å². The third kappa shape index (κ3) is 3.44. The summed E-state index contributed by atoms with van der Waals surface area (Å²) >= 11 is 0. The molecule has 1 N–H and O–H groups in total. The molecule has 0 aliphatic rings. The van der Waals surface area contributed by atoms with E-state index in [2.05, 4.69) is 36.5 Å². The number of hydrogen-bond acceptors (Lipinski definition) is 1. The van der Waals surface area contributed by atoms with Crippen LogP contribution in [0.25, 0.3) is 0 Å². The molecule has 0 saturated carbocycles. The molecule has 0 unspecified atom stereocenters. The van der Waals surface area contributed by atoms with Gasteiger partial charge in [0.15, 0.2) is 0 Å². The third-order valence-corrected chi connectivity index (χ3v) is 3.24. The van der Waals surface area contributed by atoms with E-state index in [4.69, 9.17) is 0 Å². The summed E-state index contributed by atoms with van der Waals surface area (Å²) in [6.07, 6.45) is 0. The van der Waals surface area contributed by atoms with E-state index in [9.17, 15) is 4.79 Å². The van der Waals surface area contributed by atoms with Crippen molar-refractivity contribution in [1.29, 1.82) is 0 Å². The molecule has 98 valence electrons. The fourth-order valence-electron chi connectivity index (χ4n) is 1.92. The van der Waals surface area contributed by atoms with Crippen LogP contribution in [0.4, 0.5) is 0 Å². The molecule has 2 aromatic rings. The molecule has 0 radical (unpaired) electrons. The van der Waals surface area contributed by atoms with Gasteiger partial charge in [-0.3, -0.25) is 4.79 Å². The van der Waals surface area contributed by atoms with Crippen molar-refractivity contribution in [3.05, 3.63) is 70.8 Å². The molecule has 0 fully saturated rings. The quantitative estimate of drug-likeness (QED) is 0.885. The lowest BCUT2D eigenvalue weighted by Crippen LogP contribution is -2.26. The molecule has 0 aromatic heterocycles. The second-order valence-corrected chi connectivity index (χ2v) is 4.97. The number of carbonyl (C=O) groups is 1. The highest BCUT2D eigenvalue weighted by Gasteiger charge is 2.10. The first-order chi connectivity index (χ1) is 9.06. The van der Waals surface area contributed by atoms with Gasteiger partial charge in [0.25, 0.3) is 5.91 Å². The van der Waals surface area contributed by atoms with E-state index in [1.165, 1.54) is 5.56 Å². The van der Waals surface area contributed by atoms with Crippen LogP contribution in [0.5, 0.6) is 0 Å². The van der Waals surface area contributed by atoms with E-state index in [1.807, 2.05) is 38.1 Å². The Morgan fingerprint density at radius 2 is 1.37 bits per heavy atom. The Bertz CT molecular complexity index is 555. The van der Waals surface area contributed by atoms with Gasteiger partial charge in [-0.2, -0.15) is 0 Å². The van der Waals surface area contributed by atoms with Crippen LogP contribution in [0.2, 0.25) is 0 Å². The van der Waals surface area contributed by atoms with Crippen molar-refractivity contribution < 1.29 is 4.79 Å². The lowest BCUT2D eigenvalue weighted by atomic mass is 10.1. The van der Waals surface area contributed by atoms with Gasteiger partial charge in [0, 0.05) is 5.56 Å². The average molecular weight is 253 g/mol. The first kappa shape index (κ1) is 13.3. The molecule has 0 spiro atoms. The maximum atomic E-state index is 12.1. The Labute approximate surface area is 114 Å². The summed E-state index contributed by atoms with van der Waals surface area (Å²) in [6.45, 7) is 6.06. The molecule has 2 rings (SSSR count). The molecule has 0 saturated heterocycles. The van der Waals surface area contributed by atoms with Gasteiger partial charge in [-0.1, -0.05) is 47.5 Å². The van der Waals surface area contributed by atoms with Crippen LogP contribution in [0, 0.1) is 13.8 Å². The van der Waals surface area contributed by atoms with Gasteiger partial charge >= 0.3 is 0 Å². The van der Waals surface area contributed by atoms with Gasteiger partial charge in [-0.15, -0.1) is 0 Å². The summed E-state index contributed by atoms with van der Waals surface area (Å²) in [5.74, 6) is -0.0342. The fourth-order valence-corrected chi connectivity index (χ4v) is 1.92. The molecule has 0 heterocycles. The van der Waals surface area contributed by atoms with Crippen LogP contribution in [0.15, 0.2) is 48.5 Å². The number of carbonyl (C=O) groups excluding carboxylic acids is 1. The number of nitrogens with one attached hydrogen (secondary N) is 1. The summed E-state index contributed by atoms with van der Waals surface area (Å²) in [5.41, 5.74) is 4.19.